The maximum Gasteiger partial charge on any atom is 0.421 e. The number of aromatic nitrogens is 1. The number of benzene rings is 1. The van der Waals surface area contributed by atoms with Gasteiger partial charge in [0, 0.05) is 10.3 Å². The van der Waals surface area contributed by atoms with E-state index in [4.69, 9.17) is 5.73 Å². The Morgan fingerprint density at radius 3 is 2.30 bits per heavy atom. The lowest BCUT2D eigenvalue weighted by atomic mass is 9.96. The summed E-state index contributed by atoms with van der Waals surface area (Å²) in [5.41, 5.74) is 2.44. The summed E-state index contributed by atoms with van der Waals surface area (Å²) in [5.74, 6) is 0. The SMILES string of the molecule is CC(O)(c1ccc(Sc2csc(N)n2)cc1)C(F)(F)F. The third kappa shape index (κ3) is 3.08. The van der Waals surface area contributed by atoms with E-state index in [-0.39, 0.29) is 5.56 Å². The zero-order chi connectivity index (χ0) is 15.0. The second kappa shape index (κ2) is 5.27. The predicted molar refractivity (Wildman–Crippen MR) is 72.7 cm³/mol. The van der Waals surface area contributed by atoms with Crippen molar-refractivity contribution in [2.24, 2.45) is 0 Å². The molecule has 0 spiro atoms. The number of rotatable bonds is 3. The van der Waals surface area contributed by atoms with Crippen LogP contribution in [0.2, 0.25) is 0 Å². The molecule has 1 aromatic carbocycles. The van der Waals surface area contributed by atoms with Crippen LogP contribution in [0.5, 0.6) is 0 Å². The number of thiazole rings is 1. The molecule has 0 amide bonds. The molecule has 0 fully saturated rings. The molecule has 1 unspecified atom stereocenters. The maximum atomic E-state index is 12.7. The molecule has 8 heteroatoms. The fourth-order valence-corrected chi connectivity index (χ4v) is 2.93. The van der Waals surface area contributed by atoms with Crippen molar-refractivity contribution in [3.8, 4) is 0 Å². The second-order valence-corrected chi connectivity index (χ2v) is 6.20. The van der Waals surface area contributed by atoms with Gasteiger partial charge in [0.25, 0.3) is 0 Å². The highest BCUT2D eigenvalue weighted by Gasteiger charge is 2.51. The number of hydrogen-bond donors (Lipinski definition) is 2. The topological polar surface area (TPSA) is 59.1 Å². The molecule has 0 aliphatic carbocycles. The Kier molecular flexibility index (Phi) is 3.99. The summed E-state index contributed by atoms with van der Waals surface area (Å²) >= 11 is 2.58. The van der Waals surface area contributed by atoms with Crippen LogP contribution in [0.15, 0.2) is 39.6 Å². The van der Waals surface area contributed by atoms with E-state index >= 15 is 0 Å². The summed E-state index contributed by atoms with van der Waals surface area (Å²) in [6.45, 7) is 0.732. The Morgan fingerprint density at radius 2 is 1.85 bits per heavy atom. The van der Waals surface area contributed by atoms with Crippen LogP contribution in [-0.2, 0) is 5.60 Å². The van der Waals surface area contributed by atoms with Crippen LogP contribution in [0.3, 0.4) is 0 Å². The third-order valence-corrected chi connectivity index (χ3v) is 4.44. The fraction of sp³-hybridized carbons (Fsp3) is 0.250. The monoisotopic (exact) mass is 320 g/mol. The summed E-state index contributed by atoms with van der Waals surface area (Å²) in [7, 11) is 0. The van der Waals surface area contributed by atoms with Gasteiger partial charge in [0.1, 0.15) is 5.03 Å². The molecule has 0 aliphatic heterocycles. The van der Waals surface area contributed by atoms with Crippen LogP contribution >= 0.6 is 23.1 Å². The Labute approximate surface area is 121 Å². The van der Waals surface area contributed by atoms with Crippen LogP contribution in [-0.4, -0.2) is 16.3 Å². The molecule has 1 aromatic heterocycles. The van der Waals surface area contributed by atoms with Crippen LogP contribution in [0.1, 0.15) is 12.5 Å². The van der Waals surface area contributed by atoms with Crippen molar-refractivity contribution in [2.75, 3.05) is 5.73 Å². The van der Waals surface area contributed by atoms with E-state index in [0.29, 0.717) is 10.2 Å². The van der Waals surface area contributed by atoms with Crippen molar-refractivity contribution in [1.82, 2.24) is 4.98 Å². The smallest absolute Gasteiger partial charge is 0.376 e. The van der Waals surface area contributed by atoms with E-state index in [1.165, 1.54) is 47.4 Å². The van der Waals surface area contributed by atoms with Gasteiger partial charge in [0.15, 0.2) is 10.7 Å². The first kappa shape index (κ1) is 15.1. The van der Waals surface area contributed by atoms with Gasteiger partial charge in [-0.3, -0.25) is 0 Å². The molecule has 3 nitrogen and oxygen atoms in total. The van der Waals surface area contributed by atoms with Crippen molar-refractivity contribution in [3.63, 3.8) is 0 Å². The molecular weight excluding hydrogens is 309 g/mol. The van der Waals surface area contributed by atoms with E-state index < -0.39 is 11.8 Å². The molecule has 0 radical (unpaired) electrons. The van der Waals surface area contributed by atoms with E-state index in [1.54, 1.807) is 5.38 Å². The van der Waals surface area contributed by atoms with Crippen LogP contribution in [0.4, 0.5) is 18.3 Å². The molecule has 2 rings (SSSR count). The highest BCUT2D eigenvalue weighted by atomic mass is 32.2. The number of halogens is 3. The average molecular weight is 320 g/mol. The minimum Gasteiger partial charge on any atom is -0.376 e. The lowest BCUT2D eigenvalue weighted by Crippen LogP contribution is -2.39. The van der Waals surface area contributed by atoms with E-state index in [1.807, 2.05) is 0 Å². The van der Waals surface area contributed by atoms with Gasteiger partial charge in [-0.2, -0.15) is 13.2 Å². The van der Waals surface area contributed by atoms with E-state index in [0.717, 1.165) is 11.8 Å². The first-order chi connectivity index (χ1) is 9.20. The summed E-state index contributed by atoms with van der Waals surface area (Å²) < 4.78 is 38.1. The number of alkyl halides is 3. The fourth-order valence-electron chi connectivity index (χ4n) is 1.45. The lowest BCUT2D eigenvalue weighted by Gasteiger charge is -2.26. The van der Waals surface area contributed by atoms with Gasteiger partial charge in [-0.05, 0) is 24.6 Å². The summed E-state index contributed by atoms with van der Waals surface area (Å²) in [4.78, 5) is 4.77. The molecule has 0 saturated heterocycles. The van der Waals surface area contributed by atoms with Crippen molar-refractivity contribution < 1.29 is 18.3 Å². The molecule has 108 valence electrons. The van der Waals surface area contributed by atoms with Crippen LogP contribution in [0.25, 0.3) is 0 Å². The second-order valence-electron chi connectivity index (χ2n) is 4.22. The molecule has 3 N–H and O–H groups in total. The molecule has 0 bridgehead atoms. The first-order valence-electron chi connectivity index (χ1n) is 5.48. The van der Waals surface area contributed by atoms with E-state index in [2.05, 4.69) is 4.98 Å². The normalized spacial score (nSPS) is 15.1. The molecule has 1 atom stereocenters. The number of aliphatic hydroxyl groups is 1. The zero-order valence-electron chi connectivity index (χ0n) is 10.3. The highest BCUT2D eigenvalue weighted by Crippen LogP contribution is 2.39. The number of nitrogen functional groups attached to an aromatic ring is 1. The highest BCUT2D eigenvalue weighted by molar-refractivity contribution is 7.99. The maximum absolute atomic E-state index is 12.7. The van der Waals surface area contributed by atoms with Crippen molar-refractivity contribution in [2.45, 2.75) is 28.6 Å². The van der Waals surface area contributed by atoms with Gasteiger partial charge in [-0.25, -0.2) is 4.98 Å². The largest absolute Gasteiger partial charge is 0.421 e. The van der Waals surface area contributed by atoms with Crippen molar-refractivity contribution in [3.05, 3.63) is 35.2 Å². The molecule has 20 heavy (non-hydrogen) atoms. The summed E-state index contributed by atoms with van der Waals surface area (Å²) in [6.07, 6.45) is -4.72. The van der Waals surface area contributed by atoms with Crippen LogP contribution in [0, 0.1) is 0 Å². The van der Waals surface area contributed by atoms with Crippen molar-refractivity contribution >= 4 is 28.2 Å². The number of anilines is 1. The minimum atomic E-state index is -4.72. The molecular formula is C12H11F3N2OS2. The van der Waals surface area contributed by atoms with E-state index in [9.17, 15) is 18.3 Å². The quantitative estimate of drug-likeness (QED) is 0.906. The minimum absolute atomic E-state index is 0.202. The standard InChI is InChI=1S/C12H11F3N2OS2/c1-11(18,12(13,14)15)7-2-4-8(5-3-7)20-9-6-19-10(16)17-9/h2-6,18H,1H3,(H2,16,17). The first-order valence-corrected chi connectivity index (χ1v) is 7.18. The van der Waals surface area contributed by atoms with Gasteiger partial charge < -0.3 is 10.8 Å². The van der Waals surface area contributed by atoms with Gasteiger partial charge >= 0.3 is 6.18 Å². The molecule has 2 aromatic rings. The predicted octanol–water partition coefficient (Wildman–Crippen LogP) is 3.65. The molecule has 1 heterocycles. The average Bonchev–Trinajstić information content (AvgIpc) is 2.74. The Balaban J connectivity index is 2.18. The number of hydrogen-bond acceptors (Lipinski definition) is 5. The Bertz CT molecular complexity index is 593. The number of nitrogens with two attached hydrogens (primary N) is 1. The summed E-state index contributed by atoms with van der Waals surface area (Å²) in [5, 5.41) is 12.4. The van der Waals surface area contributed by atoms with Gasteiger partial charge in [-0.15, -0.1) is 11.3 Å². The van der Waals surface area contributed by atoms with Gasteiger partial charge in [-0.1, -0.05) is 23.9 Å². The third-order valence-electron chi connectivity index (χ3n) is 2.69. The molecule has 0 aliphatic rings. The summed E-state index contributed by atoms with van der Waals surface area (Å²) in [6, 6.07) is 5.53. The van der Waals surface area contributed by atoms with Crippen molar-refractivity contribution in [1.29, 1.82) is 0 Å². The van der Waals surface area contributed by atoms with Gasteiger partial charge in [0.2, 0.25) is 0 Å². The lowest BCUT2D eigenvalue weighted by molar-refractivity contribution is -0.258. The van der Waals surface area contributed by atoms with Crippen LogP contribution < -0.4 is 5.73 Å². The Morgan fingerprint density at radius 1 is 1.25 bits per heavy atom. The Hall–Kier alpha value is -1.25. The number of nitrogens with zero attached hydrogens (tertiary/aromatic N) is 1. The molecule has 0 saturated carbocycles. The van der Waals surface area contributed by atoms with Gasteiger partial charge in [0.05, 0.1) is 0 Å². The zero-order valence-corrected chi connectivity index (χ0v) is 11.9.